The van der Waals surface area contributed by atoms with E-state index in [9.17, 15) is 4.79 Å². The Labute approximate surface area is 149 Å². The first-order valence-corrected chi connectivity index (χ1v) is 8.51. The number of benzene rings is 1. The number of nitrogens with one attached hydrogen (secondary N) is 1. The van der Waals surface area contributed by atoms with E-state index in [-0.39, 0.29) is 5.91 Å². The molecule has 0 bridgehead atoms. The zero-order valence-electron chi connectivity index (χ0n) is 13.7. The number of fused-ring (bicyclic) bond motifs is 1. The van der Waals surface area contributed by atoms with Gasteiger partial charge in [-0.3, -0.25) is 4.79 Å². The van der Waals surface area contributed by atoms with Gasteiger partial charge in [-0.2, -0.15) is 5.10 Å². The third-order valence-corrected chi connectivity index (χ3v) is 4.64. The number of halogens is 1. The molecule has 0 atom stereocenters. The number of carbonyl (C=O) groups excluding carboxylic acids is 1. The zero-order valence-corrected chi connectivity index (χ0v) is 14.5. The number of hydrogen-bond acceptors (Lipinski definition) is 4. The van der Waals surface area contributed by atoms with Crippen LogP contribution in [0, 0.1) is 6.92 Å². The summed E-state index contributed by atoms with van der Waals surface area (Å²) < 4.78 is 3.78. The number of aromatic nitrogens is 5. The van der Waals surface area contributed by atoms with Gasteiger partial charge in [-0.15, -0.1) is 10.2 Å². The van der Waals surface area contributed by atoms with Gasteiger partial charge in [-0.25, -0.2) is 4.68 Å². The van der Waals surface area contributed by atoms with E-state index in [0.29, 0.717) is 17.1 Å². The van der Waals surface area contributed by atoms with Gasteiger partial charge in [0.05, 0.1) is 29.7 Å². The van der Waals surface area contributed by atoms with Crippen molar-refractivity contribution in [1.82, 2.24) is 29.9 Å². The lowest BCUT2D eigenvalue weighted by atomic mass is 10.2. The minimum absolute atomic E-state index is 0.180. The van der Waals surface area contributed by atoms with E-state index in [1.54, 1.807) is 16.9 Å². The number of nitrogens with zero attached hydrogens (tertiary/aromatic N) is 5. The molecule has 0 unspecified atom stereocenters. The minimum atomic E-state index is -0.180. The molecular formula is C17H17ClN6O. The highest BCUT2D eigenvalue weighted by atomic mass is 35.5. The SMILES string of the molecule is Cc1c(C(=O)NCc2nnc3n2CCC3)cnn1-c1cccc(Cl)c1. The quantitative estimate of drug-likeness (QED) is 0.778. The second kappa shape index (κ2) is 6.33. The van der Waals surface area contributed by atoms with Crippen LogP contribution < -0.4 is 5.32 Å². The normalized spacial score (nSPS) is 13.0. The molecule has 0 fully saturated rings. The molecule has 1 aliphatic heterocycles. The lowest BCUT2D eigenvalue weighted by molar-refractivity contribution is 0.0949. The van der Waals surface area contributed by atoms with Crippen molar-refractivity contribution in [2.24, 2.45) is 0 Å². The maximum Gasteiger partial charge on any atom is 0.255 e. The lowest BCUT2D eigenvalue weighted by Gasteiger charge is -2.07. The molecule has 0 saturated heterocycles. The van der Waals surface area contributed by atoms with Crippen LogP contribution in [0.2, 0.25) is 5.02 Å². The second-order valence-electron chi connectivity index (χ2n) is 6.01. The minimum Gasteiger partial charge on any atom is -0.345 e. The van der Waals surface area contributed by atoms with Crippen LogP contribution in [0.3, 0.4) is 0 Å². The Morgan fingerprint density at radius 3 is 3.08 bits per heavy atom. The molecule has 128 valence electrons. The Morgan fingerprint density at radius 1 is 1.36 bits per heavy atom. The predicted octanol–water partition coefficient (Wildman–Crippen LogP) is 2.30. The van der Waals surface area contributed by atoms with E-state index in [0.717, 1.165) is 42.4 Å². The molecule has 0 radical (unpaired) electrons. The van der Waals surface area contributed by atoms with Gasteiger partial charge in [-0.1, -0.05) is 17.7 Å². The molecule has 1 amide bonds. The van der Waals surface area contributed by atoms with E-state index in [2.05, 4.69) is 25.2 Å². The summed E-state index contributed by atoms with van der Waals surface area (Å²) in [4.78, 5) is 12.5. The summed E-state index contributed by atoms with van der Waals surface area (Å²) in [6.07, 6.45) is 3.60. The Morgan fingerprint density at radius 2 is 2.24 bits per heavy atom. The monoisotopic (exact) mass is 356 g/mol. The molecule has 1 N–H and O–H groups in total. The Hall–Kier alpha value is -2.67. The van der Waals surface area contributed by atoms with Gasteiger partial charge in [0.25, 0.3) is 5.91 Å². The highest BCUT2D eigenvalue weighted by Gasteiger charge is 2.19. The number of hydrogen-bond donors (Lipinski definition) is 1. The molecule has 2 aromatic heterocycles. The van der Waals surface area contributed by atoms with Crippen molar-refractivity contribution < 1.29 is 4.79 Å². The summed E-state index contributed by atoms with van der Waals surface area (Å²) in [5, 5.41) is 16.1. The van der Waals surface area contributed by atoms with Crippen LogP contribution in [0.5, 0.6) is 0 Å². The number of amides is 1. The Bertz CT molecular complexity index is 945. The highest BCUT2D eigenvalue weighted by Crippen LogP contribution is 2.18. The average molecular weight is 357 g/mol. The maximum absolute atomic E-state index is 12.5. The fourth-order valence-electron chi connectivity index (χ4n) is 3.10. The van der Waals surface area contributed by atoms with Crippen molar-refractivity contribution in [1.29, 1.82) is 0 Å². The molecule has 8 heteroatoms. The number of aryl methyl sites for hydroxylation is 1. The molecule has 0 aliphatic carbocycles. The van der Waals surface area contributed by atoms with Crippen molar-refractivity contribution in [3.05, 3.63) is 58.4 Å². The van der Waals surface area contributed by atoms with Gasteiger partial charge in [-0.05, 0) is 31.5 Å². The van der Waals surface area contributed by atoms with Gasteiger partial charge in [0, 0.05) is 18.0 Å². The summed E-state index contributed by atoms with van der Waals surface area (Å²) in [6, 6.07) is 7.36. The van der Waals surface area contributed by atoms with E-state index in [4.69, 9.17) is 11.6 Å². The van der Waals surface area contributed by atoms with Crippen LogP contribution in [0.25, 0.3) is 5.69 Å². The molecule has 4 rings (SSSR count). The predicted molar refractivity (Wildman–Crippen MR) is 92.8 cm³/mol. The van der Waals surface area contributed by atoms with Crippen molar-refractivity contribution in [3.8, 4) is 5.69 Å². The van der Waals surface area contributed by atoms with Crippen molar-refractivity contribution >= 4 is 17.5 Å². The molecule has 25 heavy (non-hydrogen) atoms. The first-order valence-electron chi connectivity index (χ1n) is 8.13. The largest absolute Gasteiger partial charge is 0.345 e. The third kappa shape index (κ3) is 2.91. The maximum atomic E-state index is 12.5. The van der Waals surface area contributed by atoms with E-state index in [1.165, 1.54) is 0 Å². The van der Waals surface area contributed by atoms with Gasteiger partial charge in [0.1, 0.15) is 5.82 Å². The molecule has 0 saturated carbocycles. The Balaban J connectivity index is 1.51. The third-order valence-electron chi connectivity index (χ3n) is 4.40. The molecule has 1 aliphatic rings. The molecule has 1 aromatic carbocycles. The van der Waals surface area contributed by atoms with Crippen molar-refractivity contribution in [2.45, 2.75) is 32.9 Å². The van der Waals surface area contributed by atoms with Crippen LogP contribution in [0.1, 0.15) is 34.1 Å². The second-order valence-corrected chi connectivity index (χ2v) is 6.44. The standard InChI is InChI=1S/C17H17ClN6O/c1-11-14(9-20-24(11)13-5-2-4-12(18)8-13)17(25)19-10-16-22-21-15-6-3-7-23(15)16/h2,4-5,8-9H,3,6-7,10H2,1H3,(H,19,25). The summed E-state index contributed by atoms with van der Waals surface area (Å²) >= 11 is 6.03. The summed E-state index contributed by atoms with van der Waals surface area (Å²) in [6.45, 7) is 3.13. The van der Waals surface area contributed by atoms with Crippen LogP contribution in [0.4, 0.5) is 0 Å². The van der Waals surface area contributed by atoms with Crippen LogP contribution >= 0.6 is 11.6 Å². The van der Waals surface area contributed by atoms with Crippen LogP contribution in [-0.4, -0.2) is 30.5 Å². The summed E-state index contributed by atoms with van der Waals surface area (Å²) in [7, 11) is 0. The topological polar surface area (TPSA) is 77.6 Å². The molecule has 3 aromatic rings. The highest BCUT2D eigenvalue weighted by molar-refractivity contribution is 6.30. The molecule has 3 heterocycles. The van der Waals surface area contributed by atoms with E-state index >= 15 is 0 Å². The molecule has 7 nitrogen and oxygen atoms in total. The van der Waals surface area contributed by atoms with Crippen LogP contribution in [0.15, 0.2) is 30.5 Å². The van der Waals surface area contributed by atoms with Gasteiger partial charge < -0.3 is 9.88 Å². The van der Waals surface area contributed by atoms with E-state index in [1.807, 2.05) is 25.1 Å². The fraction of sp³-hybridized carbons (Fsp3) is 0.294. The lowest BCUT2D eigenvalue weighted by Crippen LogP contribution is -2.25. The number of carbonyl (C=O) groups is 1. The Kier molecular flexibility index (Phi) is 4.01. The fourth-order valence-corrected chi connectivity index (χ4v) is 3.28. The average Bonchev–Trinajstić information content (AvgIpc) is 3.28. The van der Waals surface area contributed by atoms with Crippen molar-refractivity contribution in [3.63, 3.8) is 0 Å². The summed E-state index contributed by atoms with van der Waals surface area (Å²) in [5.74, 6) is 1.61. The van der Waals surface area contributed by atoms with Gasteiger partial charge in [0.2, 0.25) is 0 Å². The van der Waals surface area contributed by atoms with Gasteiger partial charge >= 0.3 is 0 Å². The van der Waals surface area contributed by atoms with Gasteiger partial charge in [0.15, 0.2) is 5.82 Å². The molecule has 0 spiro atoms. The molecular weight excluding hydrogens is 340 g/mol. The first-order chi connectivity index (χ1) is 12.1. The van der Waals surface area contributed by atoms with Crippen LogP contribution in [-0.2, 0) is 19.5 Å². The first kappa shape index (κ1) is 15.8. The zero-order chi connectivity index (χ0) is 17.4. The summed E-state index contributed by atoms with van der Waals surface area (Å²) in [5.41, 5.74) is 2.10. The number of rotatable bonds is 4. The van der Waals surface area contributed by atoms with Crippen molar-refractivity contribution in [2.75, 3.05) is 0 Å². The van der Waals surface area contributed by atoms with E-state index < -0.39 is 0 Å². The smallest absolute Gasteiger partial charge is 0.255 e.